The predicted octanol–water partition coefficient (Wildman–Crippen LogP) is 4.25. The third kappa shape index (κ3) is 15.4. The van der Waals surface area contributed by atoms with E-state index in [0.29, 0.717) is 6.61 Å². The van der Waals surface area contributed by atoms with Crippen LogP contribution in [0.3, 0.4) is 0 Å². The Morgan fingerprint density at radius 2 is 1.44 bits per heavy atom. The maximum absolute atomic E-state index is 10.2. The molecule has 0 atom stereocenters. The van der Waals surface area contributed by atoms with Gasteiger partial charge in [-0.3, -0.25) is 0 Å². The molecule has 0 amide bonds. The molecule has 3 heteroatoms. The SMILES string of the molecule is CC(C)CCCCCCCCCCOCC(=O)O. The van der Waals surface area contributed by atoms with Gasteiger partial charge in [0.1, 0.15) is 6.61 Å². The van der Waals surface area contributed by atoms with Gasteiger partial charge >= 0.3 is 5.97 Å². The number of hydrogen-bond donors (Lipinski definition) is 1. The van der Waals surface area contributed by atoms with Crippen LogP contribution in [0.25, 0.3) is 0 Å². The Balaban J connectivity index is 2.97. The number of carboxylic acids is 1. The lowest BCUT2D eigenvalue weighted by Gasteiger charge is -2.04. The Morgan fingerprint density at radius 1 is 0.944 bits per heavy atom. The number of rotatable bonds is 13. The van der Waals surface area contributed by atoms with E-state index < -0.39 is 5.97 Å². The highest BCUT2D eigenvalue weighted by Gasteiger charge is 1.97. The molecule has 0 aliphatic rings. The molecule has 0 aliphatic carbocycles. The quantitative estimate of drug-likeness (QED) is 0.502. The minimum absolute atomic E-state index is 0.157. The summed E-state index contributed by atoms with van der Waals surface area (Å²) in [6.45, 7) is 5.00. The molecule has 0 aromatic rings. The van der Waals surface area contributed by atoms with E-state index in [1.165, 1.54) is 44.9 Å². The summed E-state index contributed by atoms with van der Waals surface area (Å²) in [5, 5.41) is 8.37. The Bertz CT molecular complexity index is 190. The molecule has 0 heterocycles. The van der Waals surface area contributed by atoms with E-state index in [4.69, 9.17) is 9.84 Å². The zero-order chi connectivity index (χ0) is 13.6. The Labute approximate surface area is 112 Å². The first-order chi connectivity index (χ1) is 8.63. The Kier molecular flexibility index (Phi) is 12.5. The summed E-state index contributed by atoms with van der Waals surface area (Å²) in [6.07, 6.45) is 11.5. The number of carboxylic acid groups (broad SMARTS) is 1. The van der Waals surface area contributed by atoms with E-state index >= 15 is 0 Å². The molecular weight excluding hydrogens is 228 g/mol. The predicted molar refractivity (Wildman–Crippen MR) is 74.8 cm³/mol. The minimum atomic E-state index is -0.878. The highest BCUT2D eigenvalue weighted by Crippen LogP contribution is 2.12. The van der Waals surface area contributed by atoms with E-state index in [2.05, 4.69) is 13.8 Å². The molecule has 0 saturated heterocycles. The fourth-order valence-electron chi connectivity index (χ4n) is 1.98. The van der Waals surface area contributed by atoms with E-state index in [9.17, 15) is 4.79 Å². The lowest BCUT2D eigenvalue weighted by molar-refractivity contribution is -0.142. The van der Waals surface area contributed by atoms with Gasteiger partial charge in [0, 0.05) is 6.61 Å². The van der Waals surface area contributed by atoms with Crippen LogP contribution in [0.1, 0.15) is 71.6 Å². The van der Waals surface area contributed by atoms with Crippen molar-refractivity contribution < 1.29 is 14.6 Å². The Morgan fingerprint density at radius 3 is 1.94 bits per heavy atom. The summed E-state index contributed by atoms with van der Waals surface area (Å²) in [7, 11) is 0. The average Bonchev–Trinajstić information content (AvgIpc) is 2.29. The maximum Gasteiger partial charge on any atom is 0.329 e. The summed E-state index contributed by atoms with van der Waals surface area (Å²) in [5.74, 6) is -0.0350. The van der Waals surface area contributed by atoms with Crippen molar-refractivity contribution in [2.45, 2.75) is 71.6 Å². The molecule has 0 radical (unpaired) electrons. The number of carbonyl (C=O) groups is 1. The first kappa shape index (κ1) is 17.4. The van der Waals surface area contributed by atoms with Gasteiger partial charge in [-0.2, -0.15) is 0 Å². The van der Waals surface area contributed by atoms with Gasteiger partial charge in [0.15, 0.2) is 0 Å². The lowest BCUT2D eigenvalue weighted by Crippen LogP contribution is -2.07. The third-order valence-corrected chi connectivity index (χ3v) is 3.05. The van der Waals surface area contributed by atoms with E-state index in [1.807, 2.05) is 0 Å². The van der Waals surface area contributed by atoms with Crippen LogP contribution < -0.4 is 0 Å². The molecule has 0 rings (SSSR count). The topological polar surface area (TPSA) is 46.5 Å². The second-order valence-corrected chi connectivity index (χ2v) is 5.46. The molecular formula is C15H30O3. The van der Waals surface area contributed by atoms with E-state index in [0.717, 1.165) is 18.8 Å². The van der Waals surface area contributed by atoms with Gasteiger partial charge in [-0.15, -0.1) is 0 Å². The van der Waals surface area contributed by atoms with Crippen molar-refractivity contribution in [3.05, 3.63) is 0 Å². The first-order valence-corrected chi connectivity index (χ1v) is 7.42. The first-order valence-electron chi connectivity index (χ1n) is 7.42. The molecule has 1 N–H and O–H groups in total. The van der Waals surface area contributed by atoms with E-state index in [1.54, 1.807) is 0 Å². The van der Waals surface area contributed by atoms with Crippen molar-refractivity contribution in [2.75, 3.05) is 13.2 Å². The molecule has 0 aromatic carbocycles. The normalized spacial score (nSPS) is 11.1. The van der Waals surface area contributed by atoms with Crippen LogP contribution in [0, 0.1) is 5.92 Å². The number of hydrogen-bond acceptors (Lipinski definition) is 2. The standard InChI is InChI=1S/C15H30O3/c1-14(2)11-9-7-5-3-4-6-8-10-12-18-13-15(16)17/h14H,3-13H2,1-2H3,(H,16,17). The molecule has 0 bridgehead atoms. The monoisotopic (exact) mass is 258 g/mol. The summed E-state index contributed by atoms with van der Waals surface area (Å²) in [6, 6.07) is 0. The van der Waals surface area contributed by atoms with Crippen LogP contribution in [-0.2, 0) is 9.53 Å². The number of aliphatic carboxylic acids is 1. The zero-order valence-electron chi connectivity index (χ0n) is 12.1. The summed E-state index contributed by atoms with van der Waals surface area (Å²) in [5.41, 5.74) is 0. The smallest absolute Gasteiger partial charge is 0.329 e. The van der Waals surface area contributed by atoms with Gasteiger partial charge in [0.05, 0.1) is 0 Å². The summed E-state index contributed by atoms with van der Waals surface area (Å²) >= 11 is 0. The van der Waals surface area contributed by atoms with E-state index in [-0.39, 0.29) is 6.61 Å². The van der Waals surface area contributed by atoms with Crippen molar-refractivity contribution in [3.8, 4) is 0 Å². The lowest BCUT2D eigenvalue weighted by atomic mass is 10.0. The number of ether oxygens (including phenoxy) is 1. The second-order valence-electron chi connectivity index (χ2n) is 5.46. The second kappa shape index (κ2) is 12.9. The van der Waals surface area contributed by atoms with Crippen molar-refractivity contribution in [3.63, 3.8) is 0 Å². The van der Waals surface area contributed by atoms with Gasteiger partial charge in [0.2, 0.25) is 0 Å². The molecule has 0 fully saturated rings. The molecule has 0 unspecified atom stereocenters. The van der Waals surface area contributed by atoms with Crippen LogP contribution in [0.2, 0.25) is 0 Å². The van der Waals surface area contributed by atoms with Crippen LogP contribution in [0.4, 0.5) is 0 Å². The highest BCUT2D eigenvalue weighted by molar-refractivity contribution is 5.67. The summed E-state index contributed by atoms with van der Waals surface area (Å²) in [4.78, 5) is 10.2. The van der Waals surface area contributed by atoms with Crippen molar-refractivity contribution in [1.82, 2.24) is 0 Å². The van der Waals surface area contributed by atoms with Crippen molar-refractivity contribution >= 4 is 5.97 Å². The summed E-state index contributed by atoms with van der Waals surface area (Å²) < 4.78 is 4.98. The molecule has 0 saturated carbocycles. The van der Waals surface area contributed by atoms with Crippen LogP contribution in [-0.4, -0.2) is 24.3 Å². The van der Waals surface area contributed by atoms with Crippen molar-refractivity contribution in [1.29, 1.82) is 0 Å². The third-order valence-electron chi connectivity index (χ3n) is 3.05. The van der Waals surface area contributed by atoms with Crippen LogP contribution >= 0.6 is 0 Å². The molecule has 3 nitrogen and oxygen atoms in total. The van der Waals surface area contributed by atoms with Gasteiger partial charge in [-0.25, -0.2) is 4.79 Å². The molecule has 0 spiro atoms. The van der Waals surface area contributed by atoms with Crippen LogP contribution in [0.5, 0.6) is 0 Å². The highest BCUT2D eigenvalue weighted by atomic mass is 16.5. The average molecular weight is 258 g/mol. The van der Waals surface area contributed by atoms with Gasteiger partial charge in [-0.1, -0.05) is 65.2 Å². The molecule has 108 valence electrons. The van der Waals surface area contributed by atoms with Crippen molar-refractivity contribution in [2.24, 2.45) is 5.92 Å². The van der Waals surface area contributed by atoms with Gasteiger partial charge < -0.3 is 9.84 Å². The van der Waals surface area contributed by atoms with Gasteiger partial charge in [0.25, 0.3) is 0 Å². The fourth-order valence-corrected chi connectivity index (χ4v) is 1.98. The molecule has 0 aromatic heterocycles. The zero-order valence-corrected chi connectivity index (χ0v) is 12.1. The minimum Gasteiger partial charge on any atom is -0.480 e. The van der Waals surface area contributed by atoms with Crippen LogP contribution in [0.15, 0.2) is 0 Å². The fraction of sp³-hybridized carbons (Fsp3) is 0.933. The maximum atomic E-state index is 10.2. The number of unbranched alkanes of at least 4 members (excludes halogenated alkanes) is 7. The molecule has 0 aliphatic heterocycles. The molecule has 18 heavy (non-hydrogen) atoms. The van der Waals surface area contributed by atoms with Gasteiger partial charge in [-0.05, 0) is 12.3 Å². The largest absolute Gasteiger partial charge is 0.480 e. The Hall–Kier alpha value is -0.570.